The fourth-order valence-corrected chi connectivity index (χ4v) is 3.21. The minimum Gasteiger partial charge on any atom is -0.444 e. The summed E-state index contributed by atoms with van der Waals surface area (Å²) >= 11 is 0. The summed E-state index contributed by atoms with van der Waals surface area (Å²) in [7, 11) is 0. The molecule has 0 aliphatic rings. The van der Waals surface area contributed by atoms with Crippen molar-refractivity contribution in [3.8, 4) is 0 Å². The summed E-state index contributed by atoms with van der Waals surface area (Å²) in [6, 6.07) is 2.57. The summed E-state index contributed by atoms with van der Waals surface area (Å²) in [6.07, 6.45) is -11.3. The second-order valence-electron chi connectivity index (χ2n) is 8.98. The van der Waals surface area contributed by atoms with E-state index in [-0.39, 0.29) is 35.7 Å². The predicted molar refractivity (Wildman–Crippen MR) is 116 cm³/mol. The number of ketones is 1. The lowest BCUT2D eigenvalue weighted by atomic mass is 9.95. The highest BCUT2D eigenvalue weighted by atomic mass is 19.4. The van der Waals surface area contributed by atoms with Gasteiger partial charge in [-0.2, -0.15) is 26.3 Å². The molecule has 0 fully saturated rings. The average molecular weight is 520 g/mol. The molecule has 1 unspecified atom stereocenters. The summed E-state index contributed by atoms with van der Waals surface area (Å²) in [4.78, 5) is 35.5. The Morgan fingerprint density at radius 3 is 1.92 bits per heavy atom. The van der Waals surface area contributed by atoms with Gasteiger partial charge >= 0.3 is 18.4 Å². The first-order valence-electron chi connectivity index (χ1n) is 10.4. The van der Waals surface area contributed by atoms with Gasteiger partial charge in [0.05, 0.1) is 16.1 Å². The maximum atomic E-state index is 13.2. The number of hydrogen-bond donors (Lipinski definition) is 1. The number of nitro benzene ring substituents is 1. The van der Waals surface area contributed by atoms with Crippen LogP contribution in [0.15, 0.2) is 36.4 Å². The van der Waals surface area contributed by atoms with E-state index in [0.717, 1.165) is 18.2 Å². The fraction of sp³-hybridized carbons (Fsp3) is 0.391. The third-order valence-corrected chi connectivity index (χ3v) is 4.68. The standard InChI is InChI=1S/C23H22F6N2O5/c1-12(30-20(33)36-21(2,3)4)7-14-8-13(5-6-18(14)31(34)35)19(32)15-9-16(22(24,25)26)11-17(10-15)23(27,28)29/h5-6,8-12H,7H2,1-4H3,(H,30,33). The van der Waals surface area contributed by atoms with E-state index in [2.05, 4.69) is 5.32 Å². The third-order valence-electron chi connectivity index (χ3n) is 4.68. The first kappa shape index (κ1) is 28.6. The molecule has 196 valence electrons. The van der Waals surface area contributed by atoms with Crippen LogP contribution in [0.4, 0.5) is 36.8 Å². The summed E-state index contributed by atoms with van der Waals surface area (Å²) in [5.41, 5.74) is -5.94. The zero-order valence-electron chi connectivity index (χ0n) is 19.5. The smallest absolute Gasteiger partial charge is 0.416 e. The molecule has 0 aliphatic heterocycles. The van der Waals surface area contributed by atoms with Gasteiger partial charge in [-0.05, 0) is 64.4 Å². The van der Waals surface area contributed by atoms with E-state index in [4.69, 9.17) is 4.74 Å². The Morgan fingerprint density at radius 1 is 0.944 bits per heavy atom. The molecule has 2 rings (SSSR count). The monoisotopic (exact) mass is 520 g/mol. The Bertz CT molecular complexity index is 1140. The third kappa shape index (κ3) is 7.68. The maximum Gasteiger partial charge on any atom is 0.416 e. The molecule has 2 aromatic rings. The maximum absolute atomic E-state index is 13.2. The number of rotatable bonds is 6. The van der Waals surface area contributed by atoms with Gasteiger partial charge in [-0.1, -0.05) is 0 Å². The molecule has 13 heteroatoms. The number of ether oxygens (including phenoxy) is 1. The van der Waals surface area contributed by atoms with E-state index in [1.165, 1.54) is 6.92 Å². The molecule has 0 spiro atoms. The Morgan fingerprint density at radius 2 is 1.47 bits per heavy atom. The Kier molecular flexibility index (Phi) is 8.06. The largest absolute Gasteiger partial charge is 0.444 e. The molecule has 0 heterocycles. The summed E-state index contributed by atoms with van der Waals surface area (Å²) < 4.78 is 84.1. The van der Waals surface area contributed by atoms with E-state index < -0.39 is 63.2 Å². The van der Waals surface area contributed by atoms with Crippen molar-refractivity contribution in [1.82, 2.24) is 5.32 Å². The molecule has 0 radical (unpaired) electrons. The van der Waals surface area contributed by atoms with Crippen molar-refractivity contribution in [3.05, 3.63) is 74.3 Å². The van der Waals surface area contributed by atoms with Gasteiger partial charge in [0.25, 0.3) is 5.69 Å². The Hall–Kier alpha value is -3.64. The molecule has 2 aromatic carbocycles. The number of halogens is 6. The second-order valence-corrected chi connectivity index (χ2v) is 8.98. The van der Waals surface area contributed by atoms with Gasteiger partial charge in [0.1, 0.15) is 5.60 Å². The van der Waals surface area contributed by atoms with Gasteiger partial charge < -0.3 is 10.1 Å². The molecule has 1 atom stereocenters. The number of hydrogen-bond acceptors (Lipinski definition) is 5. The molecule has 0 aromatic heterocycles. The zero-order chi connectivity index (χ0) is 27.6. The summed E-state index contributed by atoms with van der Waals surface area (Å²) in [5.74, 6) is -1.20. The Balaban J connectivity index is 2.46. The molecular formula is C23H22F6N2O5. The lowest BCUT2D eigenvalue weighted by molar-refractivity contribution is -0.385. The van der Waals surface area contributed by atoms with Crippen LogP contribution < -0.4 is 5.32 Å². The van der Waals surface area contributed by atoms with E-state index in [0.29, 0.717) is 0 Å². The molecule has 0 bridgehead atoms. The van der Waals surface area contributed by atoms with Crippen molar-refractivity contribution < 1.29 is 45.6 Å². The van der Waals surface area contributed by atoms with Crippen LogP contribution in [-0.4, -0.2) is 28.4 Å². The van der Waals surface area contributed by atoms with E-state index in [9.17, 15) is 46.0 Å². The van der Waals surface area contributed by atoms with E-state index in [1.54, 1.807) is 20.8 Å². The van der Waals surface area contributed by atoms with Crippen molar-refractivity contribution >= 4 is 17.6 Å². The zero-order valence-corrected chi connectivity index (χ0v) is 19.5. The lowest BCUT2D eigenvalue weighted by Gasteiger charge is -2.22. The highest BCUT2D eigenvalue weighted by Crippen LogP contribution is 2.37. The van der Waals surface area contributed by atoms with Crippen LogP contribution in [0, 0.1) is 10.1 Å². The molecule has 0 aliphatic carbocycles. The Labute approximate surface area is 201 Å². The summed E-state index contributed by atoms with van der Waals surface area (Å²) in [5, 5.41) is 13.9. The van der Waals surface area contributed by atoms with Crippen molar-refractivity contribution in [1.29, 1.82) is 0 Å². The SMILES string of the molecule is CC(Cc1cc(C(=O)c2cc(C(F)(F)F)cc(C(F)(F)F)c2)ccc1[N+](=O)[O-])NC(=O)OC(C)(C)C. The predicted octanol–water partition coefficient (Wildman–Crippen LogP) is 6.32. The van der Waals surface area contributed by atoms with Gasteiger partial charge in [0.2, 0.25) is 0 Å². The molecule has 1 N–H and O–H groups in total. The molecule has 36 heavy (non-hydrogen) atoms. The van der Waals surface area contributed by atoms with Crippen molar-refractivity contribution in [2.45, 2.75) is 58.1 Å². The number of carbonyl (C=O) groups excluding carboxylic acids is 2. The van der Waals surface area contributed by atoms with Gasteiger partial charge in [-0.15, -0.1) is 0 Å². The quantitative estimate of drug-likeness (QED) is 0.208. The van der Waals surface area contributed by atoms with Crippen LogP contribution in [0.1, 0.15) is 60.3 Å². The van der Waals surface area contributed by atoms with Crippen molar-refractivity contribution in [2.75, 3.05) is 0 Å². The molecule has 0 saturated carbocycles. The molecule has 1 amide bonds. The first-order valence-corrected chi connectivity index (χ1v) is 10.4. The van der Waals surface area contributed by atoms with Crippen molar-refractivity contribution in [3.63, 3.8) is 0 Å². The topological polar surface area (TPSA) is 98.5 Å². The highest BCUT2D eigenvalue weighted by molar-refractivity contribution is 6.09. The number of benzene rings is 2. The fourth-order valence-electron chi connectivity index (χ4n) is 3.21. The molecule has 7 nitrogen and oxygen atoms in total. The average Bonchev–Trinajstić information content (AvgIpc) is 2.69. The number of alkyl halides is 6. The van der Waals surface area contributed by atoms with Gasteiger partial charge in [0.15, 0.2) is 5.78 Å². The first-order chi connectivity index (χ1) is 16.3. The van der Waals surface area contributed by atoms with Crippen LogP contribution in [0.25, 0.3) is 0 Å². The number of carbonyl (C=O) groups is 2. The van der Waals surface area contributed by atoms with Crippen molar-refractivity contribution in [2.24, 2.45) is 0 Å². The minimum absolute atomic E-state index is 0.0718. The van der Waals surface area contributed by atoms with Gasteiger partial charge in [-0.3, -0.25) is 14.9 Å². The van der Waals surface area contributed by atoms with Crippen LogP contribution in [-0.2, 0) is 23.5 Å². The van der Waals surface area contributed by atoms with E-state index in [1.807, 2.05) is 0 Å². The second kappa shape index (κ2) is 10.2. The van der Waals surface area contributed by atoms with Crippen LogP contribution in [0.5, 0.6) is 0 Å². The number of nitrogens with zero attached hydrogens (tertiary/aromatic N) is 1. The lowest BCUT2D eigenvalue weighted by Crippen LogP contribution is -2.38. The minimum atomic E-state index is -5.15. The normalized spacial score (nSPS) is 13.2. The number of nitrogens with one attached hydrogen (secondary N) is 1. The number of nitro groups is 1. The number of amides is 1. The highest BCUT2D eigenvalue weighted by Gasteiger charge is 2.37. The summed E-state index contributed by atoms with van der Waals surface area (Å²) in [6.45, 7) is 6.35. The van der Waals surface area contributed by atoms with E-state index >= 15 is 0 Å². The van der Waals surface area contributed by atoms with Gasteiger partial charge in [-0.25, -0.2) is 4.79 Å². The molecule has 0 saturated heterocycles. The van der Waals surface area contributed by atoms with Gasteiger partial charge in [0, 0.05) is 28.8 Å². The van der Waals surface area contributed by atoms with Crippen LogP contribution >= 0.6 is 0 Å². The van der Waals surface area contributed by atoms with Crippen LogP contribution in [0.3, 0.4) is 0 Å². The number of alkyl carbamates (subject to hydrolysis) is 1. The molecular weight excluding hydrogens is 498 g/mol. The van der Waals surface area contributed by atoms with Crippen LogP contribution in [0.2, 0.25) is 0 Å².